The van der Waals surface area contributed by atoms with Gasteiger partial charge in [0.1, 0.15) is 11.5 Å². The molecule has 2 amide bonds. The van der Waals surface area contributed by atoms with Crippen molar-refractivity contribution in [3.8, 4) is 11.5 Å². The van der Waals surface area contributed by atoms with Gasteiger partial charge in [-0.1, -0.05) is 49.2 Å². The number of carbonyl (C=O) groups excluding carboxylic acids is 2. The van der Waals surface area contributed by atoms with Gasteiger partial charge in [-0.25, -0.2) is 0 Å². The Kier molecular flexibility index (Phi) is 9.89. The summed E-state index contributed by atoms with van der Waals surface area (Å²) in [7, 11) is 3.18. The van der Waals surface area contributed by atoms with Crippen molar-refractivity contribution in [1.82, 2.24) is 20.4 Å². The second kappa shape index (κ2) is 14.4. The molecule has 1 aliphatic carbocycles. The van der Waals surface area contributed by atoms with Crippen LogP contribution in [0.15, 0.2) is 72.8 Å². The summed E-state index contributed by atoms with van der Waals surface area (Å²) in [5.74, 6) is 2.27. The fourth-order valence-corrected chi connectivity index (χ4v) is 5.57. The molecule has 2 unspecified atom stereocenters. The van der Waals surface area contributed by atoms with Crippen LogP contribution >= 0.6 is 0 Å². The van der Waals surface area contributed by atoms with E-state index in [2.05, 4.69) is 31.0 Å². The topological polar surface area (TPSA) is 128 Å². The van der Waals surface area contributed by atoms with Gasteiger partial charge < -0.3 is 20.1 Å². The molecule has 2 N–H and O–H groups in total. The first-order chi connectivity index (χ1) is 21.0. The largest absolute Gasteiger partial charge is 0.496 e. The Balaban J connectivity index is 1.17. The molecule has 0 spiro atoms. The van der Waals surface area contributed by atoms with E-state index in [9.17, 15) is 9.59 Å². The molecule has 43 heavy (non-hydrogen) atoms. The number of aromatic nitrogens is 4. The number of benzene rings is 2. The third-order valence-electron chi connectivity index (χ3n) is 7.75. The van der Waals surface area contributed by atoms with Crippen molar-refractivity contribution in [2.45, 2.75) is 56.8 Å². The van der Waals surface area contributed by atoms with E-state index in [1.54, 1.807) is 14.2 Å². The lowest BCUT2D eigenvalue weighted by molar-refractivity contribution is -0.116. The van der Waals surface area contributed by atoms with Gasteiger partial charge in [-0.15, -0.1) is 10.2 Å². The number of nitrogens with zero attached hydrogens (tertiary/aromatic N) is 4. The third-order valence-corrected chi connectivity index (χ3v) is 7.75. The summed E-state index contributed by atoms with van der Waals surface area (Å²) in [6.45, 7) is 0. The smallest absolute Gasteiger partial charge is 0.230 e. The fraction of sp³-hybridized carbons (Fsp3) is 0.333. The molecule has 0 aliphatic heterocycles. The first-order valence-electron chi connectivity index (χ1n) is 14.5. The Bertz CT molecular complexity index is 1410. The molecule has 10 nitrogen and oxygen atoms in total. The van der Waals surface area contributed by atoms with Gasteiger partial charge in [0.25, 0.3) is 0 Å². The van der Waals surface area contributed by atoms with Gasteiger partial charge in [-0.05, 0) is 55.7 Å². The van der Waals surface area contributed by atoms with Crippen LogP contribution in [0.1, 0.15) is 66.5 Å². The molecule has 2 aromatic carbocycles. The zero-order valence-corrected chi connectivity index (χ0v) is 24.5. The first-order valence-corrected chi connectivity index (χ1v) is 14.5. The van der Waals surface area contributed by atoms with Crippen LogP contribution in [0.4, 0.5) is 11.6 Å². The second-order valence-corrected chi connectivity index (χ2v) is 10.7. The number of anilines is 2. The predicted molar refractivity (Wildman–Crippen MR) is 163 cm³/mol. The normalized spacial score (nSPS) is 16.5. The molecule has 0 radical (unpaired) electrons. The SMILES string of the molecule is COc1ccccc1CC(=O)Nc1ccc(C2CCCCC(c3ccc(NC(=O)Cc4ccccc4OC)nn3)C2)nn1. The van der Waals surface area contributed by atoms with E-state index in [-0.39, 0.29) is 36.5 Å². The Morgan fingerprint density at radius 2 is 1.09 bits per heavy atom. The number of amides is 2. The maximum absolute atomic E-state index is 12.6. The summed E-state index contributed by atoms with van der Waals surface area (Å²) >= 11 is 0. The lowest BCUT2D eigenvalue weighted by Gasteiger charge is -2.19. The molecule has 1 fully saturated rings. The van der Waals surface area contributed by atoms with Crippen LogP contribution in [-0.4, -0.2) is 46.4 Å². The highest BCUT2D eigenvalue weighted by Gasteiger charge is 2.25. The van der Waals surface area contributed by atoms with Crippen molar-refractivity contribution in [2.75, 3.05) is 24.9 Å². The number of carbonyl (C=O) groups is 2. The van der Waals surface area contributed by atoms with Crippen LogP contribution in [-0.2, 0) is 22.4 Å². The molecular weight excluding hydrogens is 544 g/mol. The van der Waals surface area contributed by atoms with Crippen LogP contribution < -0.4 is 20.1 Å². The van der Waals surface area contributed by atoms with Crippen molar-refractivity contribution in [2.24, 2.45) is 0 Å². The Hall–Kier alpha value is -4.86. The maximum Gasteiger partial charge on any atom is 0.230 e. The average Bonchev–Trinajstić information content (AvgIpc) is 3.29. The highest BCUT2D eigenvalue weighted by Crippen LogP contribution is 2.38. The number of hydrogen-bond donors (Lipinski definition) is 2. The minimum absolute atomic E-state index is 0.181. The highest BCUT2D eigenvalue weighted by molar-refractivity contribution is 5.92. The number of hydrogen-bond acceptors (Lipinski definition) is 8. The van der Waals surface area contributed by atoms with E-state index in [1.165, 1.54) is 0 Å². The molecule has 1 saturated carbocycles. The average molecular weight is 581 g/mol. The molecule has 0 saturated heterocycles. The van der Waals surface area contributed by atoms with Gasteiger partial charge >= 0.3 is 0 Å². The van der Waals surface area contributed by atoms with E-state index >= 15 is 0 Å². The zero-order chi connectivity index (χ0) is 30.0. The summed E-state index contributed by atoms with van der Waals surface area (Å²) in [4.78, 5) is 25.2. The van der Waals surface area contributed by atoms with Gasteiger partial charge in [0.2, 0.25) is 11.8 Å². The fourth-order valence-electron chi connectivity index (χ4n) is 5.57. The van der Waals surface area contributed by atoms with Gasteiger partial charge in [0.15, 0.2) is 11.6 Å². The Morgan fingerprint density at radius 3 is 1.49 bits per heavy atom. The van der Waals surface area contributed by atoms with Crippen LogP contribution in [0.25, 0.3) is 0 Å². The minimum Gasteiger partial charge on any atom is -0.496 e. The quantitative estimate of drug-likeness (QED) is 0.236. The van der Waals surface area contributed by atoms with Crippen molar-refractivity contribution in [3.05, 3.63) is 95.3 Å². The number of rotatable bonds is 10. The van der Waals surface area contributed by atoms with Gasteiger partial charge in [0, 0.05) is 23.0 Å². The molecule has 4 aromatic rings. The third kappa shape index (κ3) is 7.91. The van der Waals surface area contributed by atoms with Crippen LogP contribution in [0.5, 0.6) is 11.5 Å². The standard InChI is InChI=1S/C33H36N6O4/c1-42-28-13-7-5-11-24(28)20-32(40)34-30-17-15-26(36-38-30)22-9-3-4-10-23(19-22)27-16-18-31(39-37-27)35-33(41)21-25-12-6-8-14-29(25)43-2/h5-8,11-18,22-23H,3-4,9-10,19-21H2,1-2H3,(H,34,38,40)(H,35,39,41). The molecule has 2 atom stereocenters. The van der Waals surface area contributed by atoms with E-state index in [0.29, 0.717) is 23.1 Å². The van der Waals surface area contributed by atoms with Crippen molar-refractivity contribution >= 4 is 23.5 Å². The molecule has 0 bridgehead atoms. The zero-order valence-electron chi connectivity index (χ0n) is 24.5. The van der Waals surface area contributed by atoms with E-state index < -0.39 is 0 Å². The molecule has 10 heteroatoms. The molecule has 2 aromatic heterocycles. The van der Waals surface area contributed by atoms with E-state index in [1.807, 2.05) is 72.8 Å². The molecule has 2 heterocycles. The van der Waals surface area contributed by atoms with Gasteiger partial charge in [0.05, 0.1) is 38.4 Å². The lowest BCUT2D eigenvalue weighted by atomic mass is 9.88. The molecule has 1 aliphatic rings. The second-order valence-electron chi connectivity index (χ2n) is 10.7. The first kappa shape index (κ1) is 29.6. The number of para-hydroxylation sites is 2. The number of nitrogens with one attached hydrogen (secondary N) is 2. The maximum atomic E-state index is 12.6. The van der Waals surface area contributed by atoms with Crippen molar-refractivity contribution < 1.29 is 19.1 Å². The summed E-state index contributed by atoms with van der Waals surface area (Å²) in [6, 6.07) is 22.4. The van der Waals surface area contributed by atoms with E-state index in [4.69, 9.17) is 9.47 Å². The van der Waals surface area contributed by atoms with Crippen molar-refractivity contribution in [3.63, 3.8) is 0 Å². The summed E-state index contributed by atoms with van der Waals surface area (Å²) in [6.07, 6.45) is 5.44. The van der Waals surface area contributed by atoms with Crippen LogP contribution in [0.2, 0.25) is 0 Å². The summed E-state index contributed by atoms with van der Waals surface area (Å²) in [5.41, 5.74) is 3.43. The summed E-state index contributed by atoms with van der Waals surface area (Å²) in [5, 5.41) is 23.2. The van der Waals surface area contributed by atoms with Gasteiger partial charge in [-0.3, -0.25) is 9.59 Å². The molecule has 5 rings (SSSR count). The Labute approximate surface area is 251 Å². The predicted octanol–water partition coefficient (Wildman–Crippen LogP) is 5.48. The summed E-state index contributed by atoms with van der Waals surface area (Å²) < 4.78 is 10.7. The molecular formula is C33H36N6O4. The Morgan fingerprint density at radius 1 is 0.651 bits per heavy atom. The van der Waals surface area contributed by atoms with Crippen molar-refractivity contribution in [1.29, 1.82) is 0 Å². The number of methoxy groups -OCH3 is 2. The highest BCUT2D eigenvalue weighted by atomic mass is 16.5. The van der Waals surface area contributed by atoms with E-state index in [0.717, 1.165) is 54.6 Å². The lowest BCUT2D eigenvalue weighted by Crippen LogP contribution is -2.17. The number of ether oxygens (including phenoxy) is 2. The molecule has 222 valence electrons. The minimum atomic E-state index is -0.181. The monoisotopic (exact) mass is 580 g/mol. The van der Waals surface area contributed by atoms with Crippen LogP contribution in [0, 0.1) is 0 Å². The van der Waals surface area contributed by atoms with Crippen LogP contribution in [0.3, 0.4) is 0 Å². The van der Waals surface area contributed by atoms with Gasteiger partial charge in [-0.2, -0.15) is 10.2 Å².